The minimum absolute atomic E-state index is 0.0541. The van der Waals surface area contributed by atoms with Crippen LogP contribution in [-0.4, -0.2) is 39.9 Å². The van der Waals surface area contributed by atoms with Crippen molar-refractivity contribution in [2.45, 2.75) is 26.2 Å². The number of hydrogen-bond acceptors (Lipinski definition) is 3. The molecule has 3 aromatic rings. The van der Waals surface area contributed by atoms with Gasteiger partial charge < -0.3 is 14.0 Å². The number of nitrogens with zero attached hydrogens (tertiary/aromatic N) is 3. The Hall–Kier alpha value is -2.82. The molecule has 1 aliphatic heterocycles. The summed E-state index contributed by atoms with van der Waals surface area (Å²) in [4.78, 5) is 18.9. The molecule has 4 rings (SSSR count). The first kappa shape index (κ1) is 17.6. The molecule has 3 heterocycles. The number of carbonyl (C=O) groups is 1. The number of carbonyl (C=O) groups excluding carboxylic acids is 1. The van der Waals surface area contributed by atoms with Crippen molar-refractivity contribution in [1.29, 1.82) is 0 Å². The van der Waals surface area contributed by atoms with Crippen molar-refractivity contribution in [3.63, 3.8) is 0 Å². The Labute approximate surface area is 159 Å². The molecule has 0 N–H and O–H groups in total. The molecular formula is C22H25N3O2. The summed E-state index contributed by atoms with van der Waals surface area (Å²) < 4.78 is 7.72. The Bertz CT molecular complexity index is 912. The van der Waals surface area contributed by atoms with E-state index < -0.39 is 0 Å². The molecule has 0 aliphatic carbocycles. The van der Waals surface area contributed by atoms with E-state index in [2.05, 4.69) is 35.3 Å². The number of aromatic nitrogens is 2. The van der Waals surface area contributed by atoms with Gasteiger partial charge in [-0.25, -0.2) is 4.98 Å². The van der Waals surface area contributed by atoms with Gasteiger partial charge in [-0.1, -0.05) is 30.3 Å². The second kappa shape index (κ2) is 7.82. The zero-order valence-corrected chi connectivity index (χ0v) is 15.7. The molecule has 0 saturated carbocycles. The summed E-state index contributed by atoms with van der Waals surface area (Å²) in [6.45, 7) is 3.63. The maximum absolute atomic E-state index is 12.6. The highest BCUT2D eigenvalue weighted by Gasteiger charge is 2.23. The van der Waals surface area contributed by atoms with Gasteiger partial charge in [0.1, 0.15) is 0 Å². The molecule has 2 aromatic heterocycles. The number of likely N-dealkylation sites (tertiary alicyclic amines) is 1. The standard InChI is InChI=1S/C22H25N3O2/c1-17-15-25-11-5-8-20(22(25)23-17)27-16-21(26)24-12-9-19(10-13-24)14-18-6-3-2-4-7-18/h2-8,11,15,19H,9-10,12-14,16H2,1H3. The molecule has 0 bridgehead atoms. The molecule has 27 heavy (non-hydrogen) atoms. The Morgan fingerprint density at radius 1 is 1.15 bits per heavy atom. The average Bonchev–Trinajstić information content (AvgIpc) is 3.08. The average molecular weight is 363 g/mol. The van der Waals surface area contributed by atoms with Crippen LogP contribution in [0.3, 0.4) is 0 Å². The number of hydrogen-bond donors (Lipinski definition) is 0. The summed E-state index contributed by atoms with van der Waals surface area (Å²) in [5.41, 5.74) is 3.07. The van der Waals surface area contributed by atoms with Gasteiger partial charge in [0.05, 0.1) is 5.69 Å². The van der Waals surface area contributed by atoms with Crippen molar-refractivity contribution < 1.29 is 9.53 Å². The predicted molar refractivity (Wildman–Crippen MR) is 105 cm³/mol. The Morgan fingerprint density at radius 2 is 1.93 bits per heavy atom. The highest BCUT2D eigenvalue weighted by molar-refractivity contribution is 5.78. The number of benzene rings is 1. The molecular weight excluding hydrogens is 338 g/mol. The Morgan fingerprint density at radius 3 is 2.70 bits per heavy atom. The number of piperidine rings is 1. The lowest BCUT2D eigenvalue weighted by atomic mass is 9.90. The van der Waals surface area contributed by atoms with Crippen LogP contribution in [0.5, 0.6) is 5.75 Å². The van der Waals surface area contributed by atoms with Crippen LogP contribution in [0.25, 0.3) is 5.65 Å². The molecule has 1 aliphatic rings. The molecule has 5 heteroatoms. The number of ether oxygens (including phenoxy) is 1. The summed E-state index contributed by atoms with van der Waals surface area (Å²) in [6, 6.07) is 14.4. The third kappa shape index (κ3) is 4.13. The van der Waals surface area contributed by atoms with E-state index in [-0.39, 0.29) is 12.5 Å². The Kier molecular flexibility index (Phi) is 5.10. The van der Waals surface area contributed by atoms with Gasteiger partial charge >= 0.3 is 0 Å². The van der Waals surface area contributed by atoms with E-state index in [1.165, 1.54) is 5.56 Å². The molecule has 140 valence electrons. The van der Waals surface area contributed by atoms with Crippen molar-refractivity contribution in [3.8, 4) is 5.75 Å². The first-order valence-electron chi connectivity index (χ1n) is 9.58. The third-order valence-corrected chi connectivity index (χ3v) is 5.25. The van der Waals surface area contributed by atoms with E-state index in [4.69, 9.17) is 4.74 Å². The number of aryl methyl sites for hydroxylation is 1. The van der Waals surface area contributed by atoms with Crippen LogP contribution in [0.1, 0.15) is 24.1 Å². The fraction of sp³-hybridized carbons (Fsp3) is 0.364. The smallest absolute Gasteiger partial charge is 0.260 e. The summed E-state index contributed by atoms with van der Waals surface area (Å²) in [6.07, 6.45) is 7.08. The van der Waals surface area contributed by atoms with Crippen molar-refractivity contribution >= 4 is 11.6 Å². The molecule has 1 aromatic carbocycles. The van der Waals surface area contributed by atoms with Gasteiger partial charge in [0.2, 0.25) is 0 Å². The van der Waals surface area contributed by atoms with E-state index in [0.717, 1.165) is 43.7 Å². The maximum atomic E-state index is 12.6. The van der Waals surface area contributed by atoms with Crippen molar-refractivity contribution in [2.24, 2.45) is 5.92 Å². The summed E-state index contributed by atoms with van der Waals surface area (Å²) in [5, 5.41) is 0. The lowest BCUT2D eigenvalue weighted by Gasteiger charge is -2.32. The zero-order chi connectivity index (χ0) is 18.6. The molecule has 0 radical (unpaired) electrons. The fourth-order valence-corrected chi connectivity index (χ4v) is 3.79. The first-order valence-corrected chi connectivity index (χ1v) is 9.58. The topological polar surface area (TPSA) is 46.8 Å². The van der Waals surface area contributed by atoms with Crippen LogP contribution in [0.15, 0.2) is 54.9 Å². The number of fused-ring (bicyclic) bond motifs is 1. The fourth-order valence-electron chi connectivity index (χ4n) is 3.79. The monoisotopic (exact) mass is 363 g/mol. The molecule has 1 fully saturated rings. The predicted octanol–water partition coefficient (Wildman–Crippen LogP) is 3.50. The van der Waals surface area contributed by atoms with Crippen LogP contribution in [0.2, 0.25) is 0 Å². The van der Waals surface area contributed by atoms with Crippen molar-refractivity contribution in [2.75, 3.05) is 19.7 Å². The summed E-state index contributed by atoms with van der Waals surface area (Å²) >= 11 is 0. The van der Waals surface area contributed by atoms with Gasteiger partial charge in [0.15, 0.2) is 18.0 Å². The molecule has 0 spiro atoms. The van der Waals surface area contributed by atoms with E-state index in [1.54, 1.807) is 0 Å². The van der Waals surface area contributed by atoms with Crippen LogP contribution in [-0.2, 0) is 11.2 Å². The lowest BCUT2D eigenvalue weighted by Crippen LogP contribution is -2.41. The first-order chi connectivity index (χ1) is 13.2. The molecule has 0 unspecified atom stereocenters. The summed E-state index contributed by atoms with van der Waals surface area (Å²) in [5.74, 6) is 1.36. The third-order valence-electron chi connectivity index (χ3n) is 5.25. The molecule has 0 atom stereocenters. The van der Waals surface area contributed by atoms with E-state index in [9.17, 15) is 4.79 Å². The SMILES string of the molecule is Cc1cn2cccc(OCC(=O)N3CCC(Cc4ccccc4)CC3)c2n1. The number of pyridine rings is 1. The molecule has 5 nitrogen and oxygen atoms in total. The minimum atomic E-state index is 0.0541. The van der Waals surface area contributed by atoms with Crippen molar-refractivity contribution in [1.82, 2.24) is 14.3 Å². The van der Waals surface area contributed by atoms with E-state index in [1.807, 2.05) is 40.8 Å². The molecule has 1 saturated heterocycles. The van der Waals surface area contributed by atoms with Crippen LogP contribution >= 0.6 is 0 Å². The Balaban J connectivity index is 1.29. The highest BCUT2D eigenvalue weighted by atomic mass is 16.5. The van der Waals surface area contributed by atoms with E-state index in [0.29, 0.717) is 11.7 Å². The second-order valence-corrected chi connectivity index (χ2v) is 7.29. The quantitative estimate of drug-likeness (QED) is 0.697. The number of imidazole rings is 1. The van der Waals surface area contributed by atoms with Crippen LogP contribution < -0.4 is 4.74 Å². The van der Waals surface area contributed by atoms with Gasteiger partial charge in [-0.3, -0.25) is 4.79 Å². The van der Waals surface area contributed by atoms with Gasteiger partial charge in [0, 0.05) is 25.5 Å². The van der Waals surface area contributed by atoms with Crippen LogP contribution in [0, 0.1) is 12.8 Å². The van der Waals surface area contributed by atoms with Crippen LogP contribution in [0.4, 0.5) is 0 Å². The number of rotatable bonds is 5. The lowest BCUT2D eigenvalue weighted by molar-refractivity contribution is -0.134. The van der Waals surface area contributed by atoms with Gasteiger partial charge in [-0.05, 0) is 49.8 Å². The van der Waals surface area contributed by atoms with E-state index >= 15 is 0 Å². The van der Waals surface area contributed by atoms with Gasteiger partial charge in [-0.2, -0.15) is 0 Å². The van der Waals surface area contributed by atoms with Gasteiger partial charge in [0.25, 0.3) is 5.91 Å². The van der Waals surface area contributed by atoms with Crippen molar-refractivity contribution in [3.05, 3.63) is 66.1 Å². The highest BCUT2D eigenvalue weighted by Crippen LogP contribution is 2.22. The summed E-state index contributed by atoms with van der Waals surface area (Å²) in [7, 11) is 0. The zero-order valence-electron chi connectivity index (χ0n) is 15.7. The largest absolute Gasteiger partial charge is 0.480 e. The maximum Gasteiger partial charge on any atom is 0.260 e. The normalized spacial score (nSPS) is 15.2. The minimum Gasteiger partial charge on any atom is -0.480 e. The number of amides is 1. The second-order valence-electron chi connectivity index (χ2n) is 7.29. The molecule has 1 amide bonds. The van der Waals surface area contributed by atoms with Gasteiger partial charge in [-0.15, -0.1) is 0 Å².